The number of Topliss-reactive ketones (excluding diaryl/α,β-unsaturated/α-hetero) is 1. The highest BCUT2D eigenvalue weighted by Crippen LogP contribution is 2.51. The lowest BCUT2D eigenvalue weighted by Crippen LogP contribution is -2.64. The van der Waals surface area contributed by atoms with Crippen LogP contribution >= 0.6 is 0 Å². The minimum atomic E-state index is -3.07. The first-order valence-electron chi connectivity index (χ1n) is 9.96. The molecule has 1 saturated heterocycles. The number of ether oxygens (including phenoxy) is 2. The van der Waals surface area contributed by atoms with E-state index in [4.69, 9.17) is 9.47 Å². The molecule has 13 heteroatoms. The molecule has 34 heavy (non-hydrogen) atoms. The van der Waals surface area contributed by atoms with Crippen LogP contribution < -0.4 is 4.74 Å². The van der Waals surface area contributed by atoms with Gasteiger partial charge in [0.2, 0.25) is 5.78 Å². The van der Waals surface area contributed by atoms with Crippen LogP contribution in [-0.2, 0) is 10.3 Å². The lowest BCUT2D eigenvalue weighted by atomic mass is 9.78. The molecule has 2 aliphatic heterocycles. The van der Waals surface area contributed by atoms with Crippen molar-refractivity contribution in [1.82, 2.24) is 0 Å². The summed E-state index contributed by atoms with van der Waals surface area (Å²) in [7, 11) is 0. The predicted molar refractivity (Wildman–Crippen MR) is 107 cm³/mol. The van der Waals surface area contributed by atoms with Crippen molar-refractivity contribution < 1.29 is 65.3 Å². The van der Waals surface area contributed by atoms with Crippen LogP contribution in [0.5, 0.6) is 28.7 Å². The molecule has 10 N–H and O–H groups in total. The van der Waals surface area contributed by atoms with Gasteiger partial charge in [0.1, 0.15) is 41.1 Å². The van der Waals surface area contributed by atoms with E-state index in [1.165, 1.54) is 6.07 Å². The number of aromatic hydroxyl groups is 4. The van der Waals surface area contributed by atoms with Gasteiger partial charge in [-0.2, -0.15) is 0 Å². The molecule has 13 nitrogen and oxygen atoms in total. The van der Waals surface area contributed by atoms with Crippen molar-refractivity contribution in [2.24, 2.45) is 0 Å². The van der Waals surface area contributed by atoms with E-state index in [9.17, 15) is 55.9 Å². The molecule has 2 aromatic rings. The number of phenolic OH excluding ortho intramolecular Hbond substituents is 4. The van der Waals surface area contributed by atoms with Crippen LogP contribution in [0, 0.1) is 0 Å². The highest BCUT2D eigenvalue weighted by Gasteiger charge is 2.58. The average Bonchev–Trinajstić information content (AvgIpc) is 2.79. The molecule has 0 amide bonds. The third-order valence-electron chi connectivity index (χ3n) is 6.04. The minimum absolute atomic E-state index is 0.0631. The molecule has 2 aromatic carbocycles. The van der Waals surface area contributed by atoms with E-state index in [1.54, 1.807) is 0 Å². The Kier molecular flexibility index (Phi) is 5.81. The van der Waals surface area contributed by atoms with Crippen molar-refractivity contribution >= 4 is 5.78 Å². The smallest absolute Gasteiger partial charge is 0.202 e. The molecule has 0 spiro atoms. The second-order valence-corrected chi connectivity index (χ2v) is 8.06. The SMILES string of the molecule is O=C1c2c(cc(O)c([C@@]3(O)C(O)O[C@H](CO)[C@@H](O)[C@@H]3O)c2O)OC(c2ccc(O)c(O)c2)C1O. The fourth-order valence-corrected chi connectivity index (χ4v) is 4.19. The van der Waals surface area contributed by atoms with Gasteiger partial charge in [-0.05, 0) is 17.7 Å². The molecule has 0 aliphatic carbocycles. The maximum absolute atomic E-state index is 12.9. The zero-order valence-electron chi connectivity index (χ0n) is 17.2. The first-order valence-corrected chi connectivity index (χ1v) is 9.96. The molecule has 0 aromatic heterocycles. The summed E-state index contributed by atoms with van der Waals surface area (Å²) in [5.41, 5.74) is -4.72. The number of aliphatic hydroxyl groups is 6. The monoisotopic (exact) mass is 482 g/mol. The van der Waals surface area contributed by atoms with Gasteiger partial charge < -0.3 is 60.5 Å². The van der Waals surface area contributed by atoms with Gasteiger partial charge in [-0.25, -0.2) is 0 Å². The summed E-state index contributed by atoms with van der Waals surface area (Å²) >= 11 is 0. The number of hydrogen-bond acceptors (Lipinski definition) is 13. The van der Waals surface area contributed by atoms with Crippen LogP contribution in [0.4, 0.5) is 0 Å². The summed E-state index contributed by atoms with van der Waals surface area (Å²) in [6.07, 6.45) is -11.6. The van der Waals surface area contributed by atoms with E-state index in [1.807, 2.05) is 0 Å². The summed E-state index contributed by atoms with van der Waals surface area (Å²) in [6, 6.07) is 4.14. The number of carbonyl (C=O) groups excluding carboxylic acids is 1. The molecule has 0 saturated carbocycles. The number of rotatable bonds is 3. The summed E-state index contributed by atoms with van der Waals surface area (Å²) in [6.45, 7) is -0.847. The number of phenols is 4. The Balaban J connectivity index is 1.82. The van der Waals surface area contributed by atoms with Gasteiger partial charge in [-0.15, -0.1) is 0 Å². The van der Waals surface area contributed by atoms with Crippen LogP contribution in [0.1, 0.15) is 27.6 Å². The van der Waals surface area contributed by atoms with Gasteiger partial charge in [0.25, 0.3) is 0 Å². The molecule has 0 radical (unpaired) electrons. The number of benzene rings is 2. The molecule has 2 aliphatic rings. The van der Waals surface area contributed by atoms with E-state index in [0.29, 0.717) is 0 Å². The largest absolute Gasteiger partial charge is 0.507 e. The van der Waals surface area contributed by atoms with E-state index in [2.05, 4.69) is 0 Å². The molecular formula is C21H22O13. The molecular weight excluding hydrogens is 460 g/mol. The third kappa shape index (κ3) is 3.33. The van der Waals surface area contributed by atoms with Crippen molar-refractivity contribution in [3.63, 3.8) is 0 Å². The third-order valence-corrected chi connectivity index (χ3v) is 6.04. The molecule has 4 rings (SSSR count). The maximum Gasteiger partial charge on any atom is 0.202 e. The quantitative estimate of drug-likeness (QED) is 0.209. The van der Waals surface area contributed by atoms with Crippen LogP contribution in [0.25, 0.3) is 0 Å². The Labute approximate surface area is 190 Å². The van der Waals surface area contributed by atoms with Crippen molar-refractivity contribution in [2.45, 2.75) is 42.4 Å². The van der Waals surface area contributed by atoms with E-state index in [-0.39, 0.29) is 5.56 Å². The van der Waals surface area contributed by atoms with Gasteiger partial charge in [-0.1, -0.05) is 6.07 Å². The Hall–Kier alpha value is -3.17. The van der Waals surface area contributed by atoms with Gasteiger partial charge in [-0.3, -0.25) is 4.79 Å². The summed E-state index contributed by atoms with van der Waals surface area (Å²) < 4.78 is 10.4. The topological polar surface area (TPSA) is 238 Å². The lowest BCUT2D eigenvalue weighted by molar-refractivity contribution is -0.335. The Bertz CT molecular complexity index is 1130. The average molecular weight is 482 g/mol. The number of fused-ring (bicyclic) bond motifs is 1. The molecule has 7 atom stereocenters. The minimum Gasteiger partial charge on any atom is -0.507 e. The Morgan fingerprint density at radius 1 is 0.941 bits per heavy atom. The summed E-state index contributed by atoms with van der Waals surface area (Å²) in [4.78, 5) is 12.9. The van der Waals surface area contributed by atoms with E-state index in [0.717, 1.165) is 18.2 Å². The highest BCUT2D eigenvalue weighted by atomic mass is 16.6. The van der Waals surface area contributed by atoms with Gasteiger partial charge in [0.05, 0.1) is 12.2 Å². The lowest BCUT2D eigenvalue weighted by Gasteiger charge is -2.46. The first-order chi connectivity index (χ1) is 15.9. The number of ketones is 1. The summed E-state index contributed by atoms with van der Waals surface area (Å²) in [5.74, 6) is -4.78. The molecule has 2 heterocycles. The Morgan fingerprint density at radius 2 is 1.62 bits per heavy atom. The van der Waals surface area contributed by atoms with E-state index < -0.39 is 94.7 Å². The van der Waals surface area contributed by atoms with Crippen LogP contribution in [-0.4, -0.2) is 94.2 Å². The standard InChI is InChI=1S/C21H22O13/c22-5-11-14(26)19(30)21(32,20(31)34-11)13-9(25)4-10-12(15(13)27)16(28)17(29)18(33-10)6-1-2-7(23)8(24)3-6/h1-4,11,14,17-20,22-27,29-32H,5H2/t11-,14-,17?,18?,19+,20?,21+/m1/s1. The van der Waals surface area contributed by atoms with Gasteiger partial charge in [0, 0.05) is 6.07 Å². The fourth-order valence-electron chi connectivity index (χ4n) is 4.19. The number of aliphatic hydroxyl groups excluding tert-OH is 5. The first kappa shape index (κ1) is 24.0. The van der Waals surface area contributed by atoms with Crippen molar-refractivity contribution in [1.29, 1.82) is 0 Å². The molecule has 0 bridgehead atoms. The second kappa shape index (κ2) is 8.25. The highest BCUT2D eigenvalue weighted by molar-refractivity contribution is 6.06. The number of hydrogen-bond donors (Lipinski definition) is 10. The zero-order chi connectivity index (χ0) is 25.1. The van der Waals surface area contributed by atoms with E-state index >= 15 is 0 Å². The Morgan fingerprint density at radius 3 is 2.24 bits per heavy atom. The predicted octanol–water partition coefficient (Wildman–Crippen LogP) is -2.19. The fraction of sp³-hybridized carbons (Fsp3) is 0.381. The van der Waals surface area contributed by atoms with Crippen LogP contribution in [0.2, 0.25) is 0 Å². The number of carbonyl (C=O) groups is 1. The molecule has 3 unspecified atom stereocenters. The maximum atomic E-state index is 12.9. The molecule has 1 fully saturated rings. The van der Waals surface area contributed by atoms with Crippen LogP contribution in [0.15, 0.2) is 24.3 Å². The van der Waals surface area contributed by atoms with Crippen molar-refractivity contribution in [2.75, 3.05) is 6.61 Å². The van der Waals surface area contributed by atoms with Gasteiger partial charge >= 0.3 is 0 Å². The molecule has 184 valence electrons. The summed E-state index contributed by atoms with van der Waals surface area (Å²) in [5, 5.41) is 102. The normalized spacial score (nSPS) is 33.3. The van der Waals surface area contributed by atoms with Crippen molar-refractivity contribution in [3.8, 4) is 28.7 Å². The van der Waals surface area contributed by atoms with Crippen LogP contribution in [0.3, 0.4) is 0 Å². The second-order valence-electron chi connectivity index (χ2n) is 8.06. The van der Waals surface area contributed by atoms with Gasteiger partial charge in [0.15, 0.2) is 35.6 Å². The zero-order valence-corrected chi connectivity index (χ0v) is 17.2. The van der Waals surface area contributed by atoms with Crippen molar-refractivity contribution in [3.05, 3.63) is 41.0 Å².